The Kier molecular flexibility index (Phi) is 2.63. The van der Waals surface area contributed by atoms with Crippen molar-refractivity contribution in [3.8, 4) is 5.88 Å². The Balaban J connectivity index is 2.02. The van der Waals surface area contributed by atoms with E-state index in [4.69, 9.17) is 4.74 Å². The normalized spacial score (nSPS) is 20.4. The highest BCUT2D eigenvalue weighted by Crippen LogP contribution is 2.23. The van der Waals surface area contributed by atoms with Gasteiger partial charge in [0.1, 0.15) is 5.60 Å². The summed E-state index contributed by atoms with van der Waals surface area (Å²) in [6.45, 7) is 4.15. The van der Waals surface area contributed by atoms with Crippen molar-refractivity contribution < 1.29 is 4.74 Å². The number of nitrogens with zero attached hydrogens (tertiary/aromatic N) is 2. The molecule has 1 aromatic rings. The van der Waals surface area contributed by atoms with Crippen molar-refractivity contribution in [1.29, 1.82) is 0 Å². The van der Waals surface area contributed by atoms with Gasteiger partial charge in [0.2, 0.25) is 5.88 Å². The van der Waals surface area contributed by atoms with Crippen molar-refractivity contribution in [3.05, 3.63) is 18.6 Å². The molecule has 2 heterocycles. The van der Waals surface area contributed by atoms with Gasteiger partial charge in [0.15, 0.2) is 0 Å². The zero-order valence-electron chi connectivity index (χ0n) is 8.36. The van der Waals surface area contributed by atoms with Gasteiger partial charge in [0.25, 0.3) is 0 Å². The fraction of sp³-hybridized carbons (Fsp3) is 0.600. The van der Waals surface area contributed by atoms with Gasteiger partial charge in [-0.05, 0) is 32.9 Å². The fourth-order valence-electron chi connectivity index (χ4n) is 1.65. The maximum Gasteiger partial charge on any atom is 0.232 e. The van der Waals surface area contributed by atoms with E-state index < -0.39 is 0 Å². The molecule has 4 nitrogen and oxygen atoms in total. The predicted octanol–water partition coefficient (Wildman–Crippen LogP) is 0.998. The van der Waals surface area contributed by atoms with E-state index in [2.05, 4.69) is 22.2 Å². The van der Waals surface area contributed by atoms with E-state index in [0.29, 0.717) is 5.88 Å². The minimum absolute atomic E-state index is 0.0821. The molecule has 1 saturated heterocycles. The largest absolute Gasteiger partial charge is 0.470 e. The molecule has 0 amide bonds. The highest BCUT2D eigenvalue weighted by Gasteiger charge is 2.28. The van der Waals surface area contributed by atoms with Crippen LogP contribution in [0.1, 0.15) is 19.8 Å². The fourth-order valence-corrected chi connectivity index (χ4v) is 1.65. The van der Waals surface area contributed by atoms with Gasteiger partial charge in [-0.1, -0.05) is 0 Å². The van der Waals surface area contributed by atoms with Crippen molar-refractivity contribution in [2.75, 3.05) is 13.1 Å². The molecule has 0 aromatic carbocycles. The van der Waals surface area contributed by atoms with E-state index in [-0.39, 0.29) is 5.60 Å². The van der Waals surface area contributed by atoms with Crippen LogP contribution >= 0.6 is 0 Å². The lowest BCUT2D eigenvalue weighted by molar-refractivity contribution is 0.0504. The second-order valence-electron chi connectivity index (χ2n) is 3.85. The zero-order chi connectivity index (χ0) is 9.86. The maximum atomic E-state index is 5.83. The summed E-state index contributed by atoms with van der Waals surface area (Å²) in [6, 6.07) is 0. The van der Waals surface area contributed by atoms with E-state index in [0.717, 1.165) is 25.9 Å². The van der Waals surface area contributed by atoms with Crippen molar-refractivity contribution in [2.24, 2.45) is 0 Å². The Morgan fingerprint density at radius 2 is 2.14 bits per heavy atom. The average Bonchev–Trinajstić information content (AvgIpc) is 2.19. The molecular formula is C10H15N3O. The SMILES string of the molecule is CC1(Oc2cnccn2)CCNCC1. The molecule has 1 aromatic heterocycles. The summed E-state index contributed by atoms with van der Waals surface area (Å²) < 4.78 is 5.83. The second kappa shape index (κ2) is 3.92. The van der Waals surface area contributed by atoms with Crippen LogP contribution in [0.15, 0.2) is 18.6 Å². The van der Waals surface area contributed by atoms with Gasteiger partial charge in [-0.25, -0.2) is 4.98 Å². The minimum atomic E-state index is -0.0821. The molecule has 2 rings (SSSR count). The Bertz CT molecular complexity index is 283. The molecule has 0 unspecified atom stereocenters. The van der Waals surface area contributed by atoms with E-state index in [1.807, 2.05) is 0 Å². The minimum Gasteiger partial charge on any atom is -0.470 e. The highest BCUT2D eigenvalue weighted by atomic mass is 16.5. The highest BCUT2D eigenvalue weighted by molar-refractivity contribution is 5.04. The Morgan fingerprint density at radius 3 is 2.79 bits per heavy atom. The summed E-state index contributed by atoms with van der Waals surface area (Å²) in [5.74, 6) is 0.622. The van der Waals surface area contributed by atoms with Crippen molar-refractivity contribution in [2.45, 2.75) is 25.4 Å². The Hall–Kier alpha value is -1.16. The van der Waals surface area contributed by atoms with E-state index in [9.17, 15) is 0 Å². The molecule has 0 spiro atoms. The number of aromatic nitrogens is 2. The smallest absolute Gasteiger partial charge is 0.232 e. The van der Waals surface area contributed by atoms with Gasteiger partial charge in [0.05, 0.1) is 6.20 Å². The van der Waals surface area contributed by atoms with Crippen LogP contribution in [-0.4, -0.2) is 28.7 Å². The van der Waals surface area contributed by atoms with Crippen molar-refractivity contribution in [3.63, 3.8) is 0 Å². The molecule has 0 saturated carbocycles. The quantitative estimate of drug-likeness (QED) is 0.761. The molecule has 1 fully saturated rings. The van der Waals surface area contributed by atoms with Crippen molar-refractivity contribution in [1.82, 2.24) is 15.3 Å². The number of hydrogen-bond acceptors (Lipinski definition) is 4. The number of rotatable bonds is 2. The first-order valence-electron chi connectivity index (χ1n) is 4.94. The first kappa shape index (κ1) is 9.40. The maximum absolute atomic E-state index is 5.83. The number of ether oxygens (including phenoxy) is 1. The lowest BCUT2D eigenvalue weighted by atomic mass is 9.95. The summed E-state index contributed by atoms with van der Waals surface area (Å²) in [7, 11) is 0. The Labute approximate surface area is 83.7 Å². The topological polar surface area (TPSA) is 47.0 Å². The third-order valence-electron chi connectivity index (χ3n) is 2.55. The van der Waals surface area contributed by atoms with Gasteiger partial charge in [-0.3, -0.25) is 4.98 Å². The lowest BCUT2D eigenvalue weighted by Crippen LogP contribution is -2.44. The standard InChI is InChI=1S/C10H15N3O/c1-10(2-4-11-5-3-10)14-9-8-12-6-7-13-9/h6-8,11H,2-5H2,1H3. The number of piperidine rings is 1. The van der Waals surface area contributed by atoms with Gasteiger partial charge in [-0.15, -0.1) is 0 Å². The van der Waals surface area contributed by atoms with Crippen LogP contribution in [0.4, 0.5) is 0 Å². The van der Waals surface area contributed by atoms with Crippen LogP contribution in [0, 0.1) is 0 Å². The van der Waals surface area contributed by atoms with Gasteiger partial charge in [0, 0.05) is 12.4 Å². The van der Waals surface area contributed by atoms with Crippen LogP contribution in [0.5, 0.6) is 5.88 Å². The van der Waals surface area contributed by atoms with E-state index >= 15 is 0 Å². The zero-order valence-corrected chi connectivity index (χ0v) is 8.36. The third-order valence-corrected chi connectivity index (χ3v) is 2.55. The molecule has 0 aliphatic carbocycles. The molecule has 14 heavy (non-hydrogen) atoms. The van der Waals surface area contributed by atoms with E-state index in [1.54, 1.807) is 18.6 Å². The summed E-state index contributed by atoms with van der Waals surface area (Å²) in [5, 5.41) is 3.31. The first-order valence-corrected chi connectivity index (χ1v) is 4.94. The van der Waals surface area contributed by atoms with Crippen LogP contribution < -0.4 is 10.1 Å². The lowest BCUT2D eigenvalue weighted by Gasteiger charge is -2.33. The second-order valence-corrected chi connectivity index (χ2v) is 3.85. The monoisotopic (exact) mass is 193 g/mol. The summed E-state index contributed by atoms with van der Waals surface area (Å²) in [4.78, 5) is 8.09. The molecule has 1 aliphatic heterocycles. The average molecular weight is 193 g/mol. The summed E-state index contributed by atoms with van der Waals surface area (Å²) >= 11 is 0. The predicted molar refractivity (Wildman–Crippen MR) is 53.2 cm³/mol. The van der Waals surface area contributed by atoms with Crippen LogP contribution in [0.2, 0.25) is 0 Å². The van der Waals surface area contributed by atoms with E-state index in [1.165, 1.54) is 0 Å². The van der Waals surface area contributed by atoms with Crippen LogP contribution in [0.25, 0.3) is 0 Å². The first-order chi connectivity index (χ1) is 6.79. The molecule has 0 radical (unpaired) electrons. The molecule has 1 N–H and O–H groups in total. The van der Waals surface area contributed by atoms with Gasteiger partial charge in [-0.2, -0.15) is 0 Å². The molecule has 4 heteroatoms. The van der Waals surface area contributed by atoms with Gasteiger partial charge >= 0.3 is 0 Å². The van der Waals surface area contributed by atoms with Gasteiger partial charge < -0.3 is 10.1 Å². The molecule has 1 aliphatic rings. The number of nitrogens with one attached hydrogen (secondary N) is 1. The molecule has 76 valence electrons. The molecular weight excluding hydrogens is 178 g/mol. The van der Waals surface area contributed by atoms with Crippen molar-refractivity contribution >= 4 is 0 Å². The summed E-state index contributed by atoms with van der Waals surface area (Å²) in [5.41, 5.74) is -0.0821. The van der Waals surface area contributed by atoms with Crippen LogP contribution in [0.3, 0.4) is 0 Å². The summed E-state index contributed by atoms with van der Waals surface area (Å²) in [6.07, 6.45) is 7.00. The molecule has 0 atom stereocenters. The van der Waals surface area contributed by atoms with Crippen LogP contribution in [-0.2, 0) is 0 Å². The third kappa shape index (κ3) is 2.20. The Morgan fingerprint density at radius 1 is 1.36 bits per heavy atom. The molecule has 0 bridgehead atoms. The number of hydrogen-bond donors (Lipinski definition) is 1.